The highest BCUT2D eigenvalue weighted by Crippen LogP contribution is 2.24. The average molecular weight is 390 g/mol. The van der Waals surface area contributed by atoms with Gasteiger partial charge in [-0.2, -0.15) is 8.42 Å². The van der Waals surface area contributed by atoms with Gasteiger partial charge in [-0.3, -0.25) is 9.27 Å². The van der Waals surface area contributed by atoms with Gasteiger partial charge in [0.25, 0.3) is 0 Å². The standard InChI is InChI=1S/C18H18N2O6S/c1-24-12-15(18(21)25-2)13-8-4-5-9-14(13)17(20-26-27(3,22)23)16-10-6-7-11-19-16/h4-12H,1-3H3. The van der Waals surface area contributed by atoms with Crippen LogP contribution in [0.1, 0.15) is 16.8 Å². The van der Waals surface area contributed by atoms with E-state index in [1.165, 1.54) is 26.7 Å². The number of aromatic nitrogens is 1. The summed E-state index contributed by atoms with van der Waals surface area (Å²) in [7, 11) is -1.21. The van der Waals surface area contributed by atoms with Gasteiger partial charge < -0.3 is 9.47 Å². The van der Waals surface area contributed by atoms with E-state index in [-0.39, 0.29) is 11.3 Å². The molecule has 1 aromatic carbocycles. The van der Waals surface area contributed by atoms with Crippen molar-refractivity contribution in [1.29, 1.82) is 0 Å². The second kappa shape index (κ2) is 8.95. The van der Waals surface area contributed by atoms with Crippen molar-refractivity contribution in [3.05, 3.63) is 71.7 Å². The summed E-state index contributed by atoms with van der Waals surface area (Å²) in [5.74, 6) is -0.631. The van der Waals surface area contributed by atoms with E-state index in [2.05, 4.69) is 14.4 Å². The summed E-state index contributed by atoms with van der Waals surface area (Å²) in [6.45, 7) is 0. The molecule has 0 saturated heterocycles. The Morgan fingerprint density at radius 3 is 2.30 bits per heavy atom. The number of carbonyl (C=O) groups is 1. The summed E-state index contributed by atoms with van der Waals surface area (Å²) >= 11 is 0. The Bertz CT molecular complexity index is 968. The molecule has 0 radical (unpaired) electrons. The number of benzene rings is 1. The molecule has 0 fully saturated rings. The van der Waals surface area contributed by atoms with E-state index in [0.29, 0.717) is 16.8 Å². The van der Waals surface area contributed by atoms with E-state index in [1.807, 2.05) is 0 Å². The van der Waals surface area contributed by atoms with Crippen molar-refractivity contribution in [1.82, 2.24) is 4.98 Å². The van der Waals surface area contributed by atoms with Crippen LogP contribution in [0.25, 0.3) is 5.57 Å². The number of hydrogen-bond donors (Lipinski definition) is 0. The van der Waals surface area contributed by atoms with E-state index < -0.39 is 16.1 Å². The summed E-state index contributed by atoms with van der Waals surface area (Å²) in [5.41, 5.74) is 1.43. The minimum atomic E-state index is -3.85. The number of nitrogens with zero attached hydrogens (tertiary/aromatic N) is 2. The Morgan fingerprint density at radius 1 is 1.07 bits per heavy atom. The van der Waals surface area contributed by atoms with E-state index in [4.69, 9.17) is 9.47 Å². The van der Waals surface area contributed by atoms with Gasteiger partial charge in [-0.25, -0.2) is 4.79 Å². The molecule has 0 atom stereocenters. The zero-order valence-electron chi connectivity index (χ0n) is 14.9. The van der Waals surface area contributed by atoms with Crippen LogP contribution >= 0.6 is 0 Å². The summed E-state index contributed by atoms with van der Waals surface area (Å²) in [6.07, 6.45) is 3.64. The number of esters is 1. The fraction of sp³-hybridized carbons (Fsp3) is 0.167. The highest BCUT2D eigenvalue weighted by atomic mass is 32.2. The fourth-order valence-corrected chi connectivity index (χ4v) is 2.43. The Labute approximate surface area is 157 Å². The first-order chi connectivity index (χ1) is 12.9. The van der Waals surface area contributed by atoms with Crippen LogP contribution in [0.2, 0.25) is 0 Å². The normalized spacial score (nSPS) is 12.4. The molecule has 0 N–H and O–H groups in total. The molecule has 0 unspecified atom stereocenters. The number of pyridine rings is 1. The lowest BCUT2D eigenvalue weighted by Gasteiger charge is -2.13. The van der Waals surface area contributed by atoms with Crippen LogP contribution in [0.3, 0.4) is 0 Å². The highest BCUT2D eigenvalue weighted by molar-refractivity contribution is 7.85. The quantitative estimate of drug-likeness (QED) is 0.234. The monoisotopic (exact) mass is 390 g/mol. The zero-order valence-corrected chi connectivity index (χ0v) is 15.8. The summed E-state index contributed by atoms with van der Waals surface area (Å²) < 4.78 is 37.3. The first-order valence-corrected chi connectivity index (χ1v) is 9.48. The van der Waals surface area contributed by atoms with E-state index in [0.717, 1.165) is 6.26 Å². The van der Waals surface area contributed by atoms with Crippen molar-refractivity contribution >= 4 is 27.4 Å². The van der Waals surface area contributed by atoms with Crippen molar-refractivity contribution in [2.45, 2.75) is 0 Å². The van der Waals surface area contributed by atoms with Crippen molar-refractivity contribution in [2.24, 2.45) is 5.16 Å². The molecule has 2 rings (SSSR count). The van der Waals surface area contributed by atoms with Gasteiger partial charge in [0.1, 0.15) is 11.3 Å². The lowest BCUT2D eigenvalue weighted by atomic mass is 9.95. The van der Waals surface area contributed by atoms with Gasteiger partial charge in [0.05, 0.1) is 32.4 Å². The minimum Gasteiger partial charge on any atom is -0.503 e. The highest BCUT2D eigenvalue weighted by Gasteiger charge is 2.21. The number of methoxy groups -OCH3 is 2. The molecule has 0 aliphatic rings. The number of rotatable bonds is 7. The maximum Gasteiger partial charge on any atom is 0.341 e. The Kier molecular flexibility index (Phi) is 6.67. The topological polar surface area (TPSA) is 104 Å². The smallest absolute Gasteiger partial charge is 0.341 e. The second-order valence-electron chi connectivity index (χ2n) is 5.24. The van der Waals surface area contributed by atoms with Crippen LogP contribution < -0.4 is 0 Å². The predicted octanol–water partition coefficient (Wildman–Crippen LogP) is 1.97. The molecule has 142 valence electrons. The van der Waals surface area contributed by atoms with Crippen molar-refractivity contribution < 1.29 is 27.0 Å². The molecule has 0 aliphatic heterocycles. The first-order valence-electron chi connectivity index (χ1n) is 7.66. The molecule has 0 spiro atoms. The third-order valence-corrected chi connectivity index (χ3v) is 3.63. The maximum absolute atomic E-state index is 12.2. The van der Waals surface area contributed by atoms with Crippen LogP contribution in [0.15, 0.2) is 60.1 Å². The average Bonchev–Trinajstić information content (AvgIpc) is 2.66. The minimum absolute atomic E-state index is 0.124. The zero-order chi connectivity index (χ0) is 19.9. The molecule has 9 heteroatoms. The Balaban J connectivity index is 2.71. The van der Waals surface area contributed by atoms with Gasteiger partial charge in [0.2, 0.25) is 0 Å². The van der Waals surface area contributed by atoms with Crippen LogP contribution in [-0.4, -0.2) is 45.6 Å². The third-order valence-electron chi connectivity index (χ3n) is 3.28. The van der Waals surface area contributed by atoms with Crippen molar-refractivity contribution in [3.8, 4) is 0 Å². The molecule has 1 aromatic heterocycles. The van der Waals surface area contributed by atoms with Crippen molar-refractivity contribution in [3.63, 3.8) is 0 Å². The second-order valence-corrected chi connectivity index (χ2v) is 6.80. The van der Waals surface area contributed by atoms with Gasteiger partial charge in [0.15, 0.2) is 0 Å². The molecular weight excluding hydrogens is 372 g/mol. The molecule has 0 amide bonds. The molecule has 0 aliphatic carbocycles. The van der Waals surface area contributed by atoms with Gasteiger partial charge >= 0.3 is 16.1 Å². The SMILES string of the molecule is COC=C(C(=O)OC)c1ccccc1C(=NOS(C)(=O)=O)c1ccccn1. The van der Waals surface area contributed by atoms with Crippen LogP contribution in [-0.2, 0) is 28.7 Å². The lowest BCUT2D eigenvalue weighted by Crippen LogP contribution is -2.13. The summed E-state index contributed by atoms with van der Waals surface area (Å²) in [5, 5.41) is 3.77. The van der Waals surface area contributed by atoms with Gasteiger partial charge in [-0.1, -0.05) is 35.5 Å². The van der Waals surface area contributed by atoms with Gasteiger partial charge in [0, 0.05) is 17.3 Å². The fourth-order valence-electron chi connectivity index (χ4n) is 2.22. The largest absolute Gasteiger partial charge is 0.503 e. The lowest BCUT2D eigenvalue weighted by molar-refractivity contribution is -0.133. The van der Waals surface area contributed by atoms with Gasteiger partial charge in [-0.15, -0.1) is 0 Å². The molecule has 8 nitrogen and oxygen atoms in total. The molecule has 0 saturated carbocycles. The number of carbonyl (C=O) groups excluding carboxylic acids is 1. The van der Waals surface area contributed by atoms with E-state index in [1.54, 1.807) is 42.5 Å². The van der Waals surface area contributed by atoms with Gasteiger partial charge in [-0.05, 0) is 12.1 Å². The Morgan fingerprint density at radius 2 is 1.74 bits per heavy atom. The van der Waals surface area contributed by atoms with Crippen LogP contribution in [0, 0.1) is 0 Å². The Hall–Kier alpha value is -3.20. The van der Waals surface area contributed by atoms with Crippen LogP contribution in [0.5, 0.6) is 0 Å². The first kappa shape index (κ1) is 20.1. The number of ether oxygens (including phenoxy) is 2. The molecule has 0 bridgehead atoms. The van der Waals surface area contributed by atoms with Crippen molar-refractivity contribution in [2.75, 3.05) is 20.5 Å². The summed E-state index contributed by atoms with van der Waals surface area (Å²) in [6, 6.07) is 11.8. The molecular formula is C18H18N2O6S. The number of oxime groups is 1. The molecule has 27 heavy (non-hydrogen) atoms. The third kappa shape index (κ3) is 5.38. The molecule has 1 heterocycles. The summed E-state index contributed by atoms with van der Waals surface area (Å²) in [4.78, 5) is 16.4. The van der Waals surface area contributed by atoms with E-state index >= 15 is 0 Å². The van der Waals surface area contributed by atoms with Crippen LogP contribution in [0.4, 0.5) is 0 Å². The predicted molar refractivity (Wildman–Crippen MR) is 99.2 cm³/mol. The van der Waals surface area contributed by atoms with E-state index in [9.17, 15) is 13.2 Å². The molecule has 2 aromatic rings. The number of hydrogen-bond acceptors (Lipinski definition) is 8. The maximum atomic E-state index is 12.2.